The molecule has 0 radical (unpaired) electrons. The zero-order valence-electron chi connectivity index (χ0n) is 17.9. The number of thiophene rings is 1. The first-order valence-electron chi connectivity index (χ1n) is 12.1. The van der Waals surface area contributed by atoms with Gasteiger partial charge < -0.3 is 10.1 Å². The maximum Gasteiger partial charge on any atom is 0.254 e. The maximum atomic E-state index is 13.6. The summed E-state index contributed by atoms with van der Waals surface area (Å²) in [6.07, 6.45) is 12.1. The van der Waals surface area contributed by atoms with E-state index in [2.05, 4.69) is 5.32 Å². The van der Waals surface area contributed by atoms with E-state index < -0.39 is 0 Å². The van der Waals surface area contributed by atoms with Crippen molar-refractivity contribution < 1.29 is 19.1 Å². The van der Waals surface area contributed by atoms with Crippen LogP contribution in [0.2, 0.25) is 0 Å². The Morgan fingerprint density at radius 2 is 1.52 bits per heavy atom. The molecule has 6 nitrogen and oxygen atoms in total. The average Bonchev–Trinajstić information content (AvgIpc) is 3.48. The van der Waals surface area contributed by atoms with Crippen LogP contribution in [0.25, 0.3) is 0 Å². The number of nitrogens with one attached hydrogen (secondary N) is 1. The van der Waals surface area contributed by atoms with E-state index in [0.29, 0.717) is 10.6 Å². The molecule has 5 aliphatic rings. The van der Waals surface area contributed by atoms with Gasteiger partial charge >= 0.3 is 0 Å². The van der Waals surface area contributed by atoms with Crippen molar-refractivity contribution in [1.82, 2.24) is 5.32 Å². The lowest BCUT2D eigenvalue weighted by Crippen LogP contribution is -2.39. The number of hydrogen-bond acceptors (Lipinski definition) is 5. The summed E-state index contributed by atoms with van der Waals surface area (Å²) in [6, 6.07) is 0.198. The molecule has 2 bridgehead atoms. The lowest BCUT2D eigenvalue weighted by Gasteiger charge is -2.24. The fourth-order valence-electron chi connectivity index (χ4n) is 6.54. The molecule has 2 aliphatic carbocycles. The third kappa shape index (κ3) is 3.10. The molecule has 3 amide bonds. The number of aryl methyl sites for hydroxylation is 1. The van der Waals surface area contributed by atoms with Crippen molar-refractivity contribution in [1.29, 1.82) is 0 Å². The number of ether oxygens (including phenoxy) is 1. The number of imide groups is 1. The van der Waals surface area contributed by atoms with Gasteiger partial charge in [0.25, 0.3) is 5.91 Å². The normalized spacial score (nSPS) is 32.8. The molecule has 7 heteroatoms. The lowest BCUT2D eigenvalue weighted by molar-refractivity contribution is -0.124. The van der Waals surface area contributed by atoms with Crippen molar-refractivity contribution in [3.8, 4) is 0 Å². The van der Waals surface area contributed by atoms with Crippen molar-refractivity contribution in [3.63, 3.8) is 0 Å². The second-order valence-corrected chi connectivity index (χ2v) is 11.0. The van der Waals surface area contributed by atoms with Crippen LogP contribution in [0, 0.1) is 11.8 Å². The quantitative estimate of drug-likeness (QED) is 0.571. The molecule has 1 N–H and O–H groups in total. The van der Waals surface area contributed by atoms with Crippen LogP contribution >= 0.6 is 11.3 Å². The number of anilines is 1. The molecule has 31 heavy (non-hydrogen) atoms. The fourth-order valence-corrected chi connectivity index (χ4v) is 7.93. The van der Waals surface area contributed by atoms with Gasteiger partial charge in [-0.25, -0.2) is 4.90 Å². The highest BCUT2D eigenvalue weighted by Gasteiger charge is 2.63. The van der Waals surface area contributed by atoms with E-state index in [1.165, 1.54) is 27.5 Å². The van der Waals surface area contributed by atoms with E-state index in [1.54, 1.807) is 0 Å². The van der Waals surface area contributed by atoms with Crippen LogP contribution in [0.15, 0.2) is 0 Å². The predicted molar refractivity (Wildman–Crippen MR) is 117 cm³/mol. The number of amides is 3. The van der Waals surface area contributed by atoms with Crippen molar-refractivity contribution >= 4 is 34.1 Å². The van der Waals surface area contributed by atoms with Crippen LogP contribution in [-0.2, 0) is 27.2 Å². The fraction of sp³-hybridized carbons (Fsp3) is 0.708. The molecule has 0 aromatic carbocycles. The van der Waals surface area contributed by atoms with Gasteiger partial charge in [0.1, 0.15) is 5.00 Å². The van der Waals surface area contributed by atoms with Crippen LogP contribution in [0.3, 0.4) is 0 Å². The van der Waals surface area contributed by atoms with Crippen LogP contribution in [0.1, 0.15) is 85.0 Å². The van der Waals surface area contributed by atoms with E-state index in [-0.39, 0.29) is 47.8 Å². The molecular weight excluding hydrogens is 412 g/mol. The average molecular weight is 443 g/mol. The Morgan fingerprint density at radius 1 is 0.871 bits per heavy atom. The van der Waals surface area contributed by atoms with Gasteiger partial charge in [0, 0.05) is 10.9 Å². The SMILES string of the molecule is O=C(NC1CCCCC1)c1c(N2C(=O)[C@H]3[C@H](C2=O)[C@H]2CC[C@H]3O2)sc2c1CCCCC2. The van der Waals surface area contributed by atoms with Gasteiger partial charge in [0.2, 0.25) is 11.8 Å². The molecule has 4 heterocycles. The standard InChI is InChI=1S/C24H30N2O4S/c27-21(25-13-7-3-1-4-8-13)18-14-9-5-2-6-10-17(14)31-24(18)26-22(28)19-15-11-12-16(30-15)20(19)23(26)29/h13,15-16,19-20H,1-12H2,(H,25,27)/t15-,16-,19-,20-/m1/s1. The van der Waals surface area contributed by atoms with Crippen LogP contribution in [-0.4, -0.2) is 36.0 Å². The molecule has 1 aromatic heterocycles. The Balaban J connectivity index is 1.38. The first-order valence-corrected chi connectivity index (χ1v) is 12.9. The number of nitrogens with zero attached hydrogens (tertiary/aromatic N) is 1. The van der Waals surface area contributed by atoms with Crippen molar-refractivity contribution in [2.75, 3.05) is 4.90 Å². The van der Waals surface area contributed by atoms with E-state index >= 15 is 0 Å². The predicted octanol–water partition coefficient (Wildman–Crippen LogP) is 3.75. The molecule has 6 rings (SSSR count). The summed E-state index contributed by atoms with van der Waals surface area (Å²) < 4.78 is 5.90. The first kappa shape index (κ1) is 19.9. The molecule has 1 saturated carbocycles. The summed E-state index contributed by atoms with van der Waals surface area (Å²) in [4.78, 5) is 43.0. The number of carbonyl (C=O) groups excluding carboxylic acids is 3. The molecule has 3 saturated heterocycles. The van der Waals surface area contributed by atoms with Crippen molar-refractivity contribution in [3.05, 3.63) is 16.0 Å². The first-order chi connectivity index (χ1) is 15.1. The van der Waals surface area contributed by atoms with Crippen LogP contribution in [0.4, 0.5) is 5.00 Å². The topological polar surface area (TPSA) is 75.7 Å². The highest BCUT2D eigenvalue weighted by Crippen LogP contribution is 2.51. The second-order valence-electron chi connectivity index (χ2n) is 9.91. The lowest BCUT2D eigenvalue weighted by atomic mass is 9.81. The van der Waals surface area contributed by atoms with Gasteiger partial charge in [-0.3, -0.25) is 14.4 Å². The van der Waals surface area contributed by atoms with Gasteiger partial charge in [0.15, 0.2) is 0 Å². The van der Waals surface area contributed by atoms with Gasteiger partial charge in [-0.15, -0.1) is 11.3 Å². The Labute approximate surface area is 186 Å². The summed E-state index contributed by atoms with van der Waals surface area (Å²) in [6.45, 7) is 0. The molecule has 4 fully saturated rings. The molecular formula is C24H30N2O4S. The summed E-state index contributed by atoms with van der Waals surface area (Å²) in [7, 11) is 0. The molecule has 3 aliphatic heterocycles. The maximum absolute atomic E-state index is 13.6. The van der Waals surface area contributed by atoms with Gasteiger partial charge in [-0.1, -0.05) is 25.7 Å². The van der Waals surface area contributed by atoms with Crippen molar-refractivity contribution in [2.24, 2.45) is 11.8 Å². The molecule has 0 spiro atoms. The van der Waals surface area contributed by atoms with E-state index in [9.17, 15) is 14.4 Å². The molecule has 166 valence electrons. The Morgan fingerprint density at radius 3 is 2.23 bits per heavy atom. The number of hydrogen-bond donors (Lipinski definition) is 1. The second kappa shape index (κ2) is 7.69. The largest absolute Gasteiger partial charge is 0.373 e. The summed E-state index contributed by atoms with van der Waals surface area (Å²) in [5, 5.41) is 3.85. The van der Waals surface area contributed by atoms with E-state index in [0.717, 1.165) is 76.2 Å². The minimum atomic E-state index is -0.359. The number of fused-ring (bicyclic) bond motifs is 6. The Kier molecular flexibility index (Phi) is 4.94. The summed E-state index contributed by atoms with van der Waals surface area (Å²) >= 11 is 1.51. The minimum Gasteiger partial charge on any atom is -0.373 e. The van der Waals surface area contributed by atoms with Crippen molar-refractivity contribution in [2.45, 2.75) is 95.3 Å². The highest BCUT2D eigenvalue weighted by molar-refractivity contribution is 7.17. The van der Waals surface area contributed by atoms with Crippen LogP contribution in [0.5, 0.6) is 0 Å². The van der Waals surface area contributed by atoms with E-state index in [1.807, 2.05) is 0 Å². The van der Waals surface area contributed by atoms with E-state index in [4.69, 9.17) is 4.74 Å². The summed E-state index contributed by atoms with van der Waals surface area (Å²) in [5.74, 6) is -1.10. The van der Waals surface area contributed by atoms with Gasteiger partial charge in [-0.2, -0.15) is 0 Å². The minimum absolute atomic E-state index is 0.0850. The molecule has 1 aromatic rings. The van der Waals surface area contributed by atoms with Gasteiger partial charge in [-0.05, 0) is 56.9 Å². The van der Waals surface area contributed by atoms with Crippen LogP contribution < -0.4 is 10.2 Å². The Hall–Kier alpha value is -1.73. The number of rotatable bonds is 3. The van der Waals surface area contributed by atoms with Gasteiger partial charge in [0.05, 0.1) is 29.6 Å². The number of carbonyl (C=O) groups is 3. The summed E-state index contributed by atoms with van der Waals surface area (Å²) in [5.41, 5.74) is 1.70. The highest BCUT2D eigenvalue weighted by atomic mass is 32.1. The zero-order chi connectivity index (χ0) is 21.1. The molecule has 0 unspecified atom stereocenters. The third-order valence-corrected chi connectivity index (χ3v) is 9.33. The third-order valence-electron chi connectivity index (χ3n) is 8.06. The molecule has 4 atom stereocenters. The monoisotopic (exact) mass is 442 g/mol. The zero-order valence-corrected chi connectivity index (χ0v) is 18.7. The Bertz CT molecular complexity index is 906. The smallest absolute Gasteiger partial charge is 0.254 e.